The predicted molar refractivity (Wildman–Crippen MR) is 103 cm³/mol. The molecule has 0 unspecified atom stereocenters. The third-order valence-corrected chi connectivity index (χ3v) is 7.63. The number of hydrogen-bond acceptors (Lipinski definition) is 5. The van der Waals surface area contributed by atoms with Crippen LogP contribution in [-0.4, -0.2) is 69.9 Å². The van der Waals surface area contributed by atoms with E-state index in [1.807, 2.05) is 11.9 Å². The second-order valence-electron chi connectivity index (χ2n) is 7.24. The van der Waals surface area contributed by atoms with E-state index in [0.717, 1.165) is 25.9 Å². The summed E-state index contributed by atoms with van der Waals surface area (Å²) in [7, 11) is -0.0195. The van der Waals surface area contributed by atoms with Gasteiger partial charge in [0.25, 0.3) is 0 Å². The Hall–Kier alpha value is -1.64. The van der Waals surface area contributed by atoms with Gasteiger partial charge >= 0.3 is 0 Å². The minimum Gasteiger partial charge on any atom is -0.497 e. The number of benzene rings is 1. The summed E-state index contributed by atoms with van der Waals surface area (Å²) >= 11 is 0. The summed E-state index contributed by atoms with van der Waals surface area (Å²) in [4.78, 5) is 15.0. The summed E-state index contributed by atoms with van der Waals surface area (Å²) in [5, 5.41) is 3.27. The van der Waals surface area contributed by atoms with Crippen LogP contribution in [-0.2, 0) is 14.8 Å². The van der Waals surface area contributed by atoms with Gasteiger partial charge in [-0.15, -0.1) is 0 Å². The van der Waals surface area contributed by atoms with Crippen LogP contribution < -0.4 is 10.1 Å². The largest absolute Gasteiger partial charge is 0.497 e. The molecule has 1 N–H and O–H groups in total. The van der Waals surface area contributed by atoms with Crippen molar-refractivity contribution in [1.29, 1.82) is 0 Å². The first-order valence-electron chi connectivity index (χ1n) is 9.56. The lowest BCUT2D eigenvalue weighted by molar-refractivity contribution is -0.137. The van der Waals surface area contributed by atoms with E-state index < -0.39 is 10.0 Å². The van der Waals surface area contributed by atoms with E-state index in [0.29, 0.717) is 37.7 Å². The maximum absolute atomic E-state index is 12.8. The molecular weight excluding hydrogens is 366 g/mol. The van der Waals surface area contributed by atoms with Crippen molar-refractivity contribution < 1.29 is 17.9 Å². The van der Waals surface area contributed by atoms with E-state index >= 15 is 0 Å². The number of hydrogen-bond donors (Lipinski definition) is 1. The van der Waals surface area contributed by atoms with E-state index in [-0.39, 0.29) is 16.7 Å². The number of ether oxygens (including phenoxy) is 1. The van der Waals surface area contributed by atoms with Gasteiger partial charge in [0.05, 0.1) is 12.0 Å². The Morgan fingerprint density at radius 2 is 1.63 bits per heavy atom. The SMILES string of the molecule is CNC1CCN(C(=O)C2CCN(S(=O)(=O)c3ccc(OC)cc3)CC2)CC1. The molecule has 0 atom stereocenters. The van der Waals surface area contributed by atoms with Gasteiger partial charge in [0.1, 0.15) is 5.75 Å². The highest BCUT2D eigenvalue weighted by molar-refractivity contribution is 7.89. The minimum atomic E-state index is -3.53. The quantitative estimate of drug-likeness (QED) is 0.813. The van der Waals surface area contributed by atoms with Crippen molar-refractivity contribution in [2.24, 2.45) is 5.92 Å². The second-order valence-corrected chi connectivity index (χ2v) is 9.18. The molecular formula is C19H29N3O4S. The third-order valence-electron chi connectivity index (χ3n) is 5.72. The van der Waals surface area contributed by atoms with E-state index in [9.17, 15) is 13.2 Å². The number of amides is 1. The van der Waals surface area contributed by atoms with E-state index in [2.05, 4.69) is 5.32 Å². The highest BCUT2D eigenvalue weighted by Crippen LogP contribution is 2.27. The number of sulfonamides is 1. The molecule has 2 heterocycles. The number of nitrogens with zero attached hydrogens (tertiary/aromatic N) is 2. The second kappa shape index (κ2) is 8.58. The third kappa shape index (κ3) is 4.44. The van der Waals surface area contributed by atoms with Crippen LogP contribution in [0.15, 0.2) is 29.2 Å². The molecule has 1 amide bonds. The summed E-state index contributed by atoms with van der Waals surface area (Å²) in [5.74, 6) is 0.741. The fraction of sp³-hybridized carbons (Fsp3) is 0.632. The van der Waals surface area contributed by atoms with Gasteiger partial charge in [0.2, 0.25) is 15.9 Å². The van der Waals surface area contributed by atoms with Crippen LogP contribution in [0.2, 0.25) is 0 Å². The van der Waals surface area contributed by atoms with E-state index in [4.69, 9.17) is 4.74 Å². The van der Waals surface area contributed by atoms with Gasteiger partial charge in [-0.05, 0) is 57.0 Å². The first-order valence-corrected chi connectivity index (χ1v) is 11.0. The molecule has 3 rings (SSSR count). The van der Waals surface area contributed by atoms with Crippen molar-refractivity contribution in [3.63, 3.8) is 0 Å². The molecule has 2 aliphatic heterocycles. The molecule has 0 radical (unpaired) electrons. The summed E-state index contributed by atoms with van der Waals surface area (Å²) in [6, 6.07) is 6.93. The lowest BCUT2D eigenvalue weighted by Crippen LogP contribution is -2.48. The summed E-state index contributed by atoms with van der Waals surface area (Å²) in [6.07, 6.45) is 3.13. The molecule has 0 bridgehead atoms. The molecule has 0 aromatic heterocycles. The van der Waals surface area contributed by atoms with Crippen LogP contribution in [0.5, 0.6) is 5.75 Å². The molecule has 8 heteroatoms. The average Bonchev–Trinajstić information content (AvgIpc) is 2.73. The molecule has 2 aliphatic rings. The highest BCUT2D eigenvalue weighted by Gasteiger charge is 2.34. The average molecular weight is 396 g/mol. The number of likely N-dealkylation sites (tertiary alicyclic amines) is 1. The Morgan fingerprint density at radius 3 is 2.15 bits per heavy atom. The van der Waals surface area contributed by atoms with E-state index in [1.165, 1.54) is 4.31 Å². The highest BCUT2D eigenvalue weighted by atomic mass is 32.2. The fourth-order valence-corrected chi connectivity index (χ4v) is 5.36. The minimum absolute atomic E-state index is 0.0709. The Balaban J connectivity index is 1.57. The number of carbonyl (C=O) groups is 1. The molecule has 2 saturated heterocycles. The van der Waals surface area contributed by atoms with Crippen LogP contribution in [0.1, 0.15) is 25.7 Å². The van der Waals surface area contributed by atoms with Crippen molar-refractivity contribution in [3.05, 3.63) is 24.3 Å². The number of carbonyl (C=O) groups excluding carboxylic acids is 1. The smallest absolute Gasteiger partial charge is 0.243 e. The zero-order valence-corrected chi connectivity index (χ0v) is 16.9. The molecule has 2 fully saturated rings. The van der Waals surface area contributed by atoms with Crippen LogP contribution in [0.3, 0.4) is 0 Å². The number of piperidine rings is 2. The zero-order valence-electron chi connectivity index (χ0n) is 16.1. The molecule has 27 heavy (non-hydrogen) atoms. The maximum atomic E-state index is 12.8. The van der Waals surface area contributed by atoms with Gasteiger partial charge in [-0.25, -0.2) is 8.42 Å². The van der Waals surface area contributed by atoms with Gasteiger partial charge in [0, 0.05) is 38.1 Å². The van der Waals surface area contributed by atoms with Gasteiger partial charge in [-0.2, -0.15) is 4.31 Å². The van der Waals surface area contributed by atoms with Gasteiger partial charge in [0.15, 0.2) is 0 Å². The van der Waals surface area contributed by atoms with Gasteiger partial charge in [-0.1, -0.05) is 0 Å². The molecule has 0 spiro atoms. The fourth-order valence-electron chi connectivity index (χ4n) is 3.89. The van der Waals surface area contributed by atoms with Crippen molar-refractivity contribution in [2.75, 3.05) is 40.3 Å². The molecule has 1 aromatic rings. The molecule has 1 aromatic carbocycles. The van der Waals surface area contributed by atoms with Crippen LogP contribution in [0.4, 0.5) is 0 Å². The topological polar surface area (TPSA) is 79.0 Å². The lowest BCUT2D eigenvalue weighted by Gasteiger charge is -2.37. The maximum Gasteiger partial charge on any atom is 0.243 e. The van der Waals surface area contributed by atoms with Crippen LogP contribution in [0, 0.1) is 5.92 Å². The zero-order chi connectivity index (χ0) is 19.4. The monoisotopic (exact) mass is 395 g/mol. The summed E-state index contributed by atoms with van der Waals surface area (Å²) in [6.45, 7) is 2.35. The Morgan fingerprint density at radius 1 is 1.04 bits per heavy atom. The first kappa shape index (κ1) is 20.1. The molecule has 7 nitrogen and oxygen atoms in total. The Kier molecular flexibility index (Phi) is 6.39. The van der Waals surface area contributed by atoms with Crippen molar-refractivity contribution in [1.82, 2.24) is 14.5 Å². The van der Waals surface area contributed by atoms with Crippen molar-refractivity contribution in [3.8, 4) is 5.75 Å². The number of nitrogens with one attached hydrogen (secondary N) is 1. The molecule has 150 valence electrons. The Labute approximate surface area is 161 Å². The number of methoxy groups -OCH3 is 1. The standard InChI is InChI=1S/C19H29N3O4S/c1-20-16-9-11-21(12-10-16)19(23)15-7-13-22(14-8-15)27(24,25)18-5-3-17(26-2)4-6-18/h3-6,15-16,20H,7-14H2,1-2H3. The van der Waals surface area contributed by atoms with Crippen LogP contribution >= 0.6 is 0 Å². The predicted octanol–water partition coefficient (Wildman–Crippen LogP) is 1.31. The normalized spacial score (nSPS) is 20.6. The molecule has 0 aliphatic carbocycles. The van der Waals surface area contributed by atoms with Crippen molar-refractivity contribution in [2.45, 2.75) is 36.6 Å². The van der Waals surface area contributed by atoms with Crippen LogP contribution in [0.25, 0.3) is 0 Å². The molecule has 0 saturated carbocycles. The van der Waals surface area contributed by atoms with Crippen molar-refractivity contribution >= 4 is 15.9 Å². The van der Waals surface area contributed by atoms with E-state index in [1.54, 1.807) is 31.4 Å². The van der Waals surface area contributed by atoms with Gasteiger partial charge in [-0.3, -0.25) is 4.79 Å². The van der Waals surface area contributed by atoms with Gasteiger partial charge < -0.3 is 15.0 Å². The summed E-state index contributed by atoms with van der Waals surface area (Å²) in [5.41, 5.74) is 0. The number of rotatable bonds is 5. The summed E-state index contributed by atoms with van der Waals surface area (Å²) < 4.78 is 32.2. The lowest BCUT2D eigenvalue weighted by atomic mass is 9.95. The Bertz CT molecular complexity index is 735. The first-order chi connectivity index (χ1) is 13.0.